The van der Waals surface area contributed by atoms with Crippen molar-refractivity contribution in [2.24, 2.45) is 0 Å². The highest BCUT2D eigenvalue weighted by Gasteiger charge is 2.21. The van der Waals surface area contributed by atoms with Crippen molar-refractivity contribution in [2.75, 3.05) is 14.2 Å². The minimum Gasteiger partial charge on any atom is -0.493 e. The van der Waals surface area contributed by atoms with Crippen LogP contribution in [0.1, 0.15) is 17.5 Å². The monoisotopic (exact) mass is 206 g/mol. The SMILES string of the molecule is COc1ccc2c(c1OC)CC(=O)CC2. The molecule has 0 radical (unpaired) electrons. The Morgan fingerprint density at radius 2 is 1.93 bits per heavy atom. The highest BCUT2D eigenvalue weighted by molar-refractivity contribution is 5.84. The average Bonchev–Trinajstić information content (AvgIpc) is 2.27. The van der Waals surface area contributed by atoms with Crippen LogP contribution in [0.3, 0.4) is 0 Å². The van der Waals surface area contributed by atoms with Crippen LogP contribution in [0.25, 0.3) is 0 Å². The molecule has 0 N–H and O–H groups in total. The molecular weight excluding hydrogens is 192 g/mol. The molecular formula is C12H14O3. The van der Waals surface area contributed by atoms with Gasteiger partial charge in [-0.25, -0.2) is 0 Å². The predicted molar refractivity (Wildman–Crippen MR) is 56.6 cm³/mol. The number of Topliss-reactive ketones (excluding diaryl/α,β-unsaturated/α-hetero) is 1. The molecule has 1 aromatic rings. The maximum atomic E-state index is 11.4. The lowest BCUT2D eigenvalue weighted by Gasteiger charge is -2.19. The Morgan fingerprint density at radius 3 is 2.60 bits per heavy atom. The topological polar surface area (TPSA) is 35.5 Å². The van der Waals surface area contributed by atoms with Gasteiger partial charge in [-0.15, -0.1) is 0 Å². The van der Waals surface area contributed by atoms with Crippen molar-refractivity contribution in [1.82, 2.24) is 0 Å². The lowest BCUT2D eigenvalue weighted by molar-refractivity contribution is -0.118. The Balaban J connectivity index is 2.52. The second-order valence-electron chi connectivity index (χ2n) is 3.65. The molecule has 0 aromatic heterocycles. The van der Waals surface area contributed by atoms with Gasteiger partial charge in [0.1, 0.15) is 5.78 Å². The van der Waals surface area contributed by atoms with Crippen LogP contribution in [0.5, 0.6) is 11.5 Å². The van der Waals surface area contributed by atoms with Gasteiger partial charge in [0, 0.05) is 18.4 Å². The van der Waals surface area contributed by atoms with E-state index in [2.05, 4.69) is 0 Å². The van der Waals surface area contributed by atoms with E-state index in [1.807, 2.05) is 12.1 Å². The van der Waals surface area contributed by atoms with Crippen LogP contribution in [0.15, 0.2) is 12.1 Å². The number of aryl methyl sites for hydroxylation is 1. The molecule has 0 amide bonds. The first-order valence-electron chi connectivity index (χ1n) is 5.00. The number of ketones is 1. The quantitative estimate of drug-likeness (QED) is 0.739. The molecule has 0 fully saturated rings. The van der Waals surface area contributed by atoms with E-state index in [0.717, 1.165) is 12.0 Å². The van der Waals surface area contributed by atoms with E-state index in [4.69, 9.17) is 9.47 Å². The van der Waals surface area contributed by atoms with Gasteiger partial charge in [0.2, 0.25) is 0 Å². The van der Waals surface area contributed by atoms with E-state index in [0.29, 0.717) is 24.3 Å². The number of carbonyl (C=O) groups excluding carboxylic acids is 1. The van der Waals surface area contributed by atoms with Gasteiger partial charge < -0.3 is 9.47 Å². The predicted octanol–water partition coefficient (Wildman–Crippen LogP) is 1.76. The molecule has 0 unspecified atom stereocenters. The first kappa shape index (κ1) is 10.0. The van der Waals surface area contributed by atoms with Crippen LogP contribution >= 0.6 is 0 Å². The van der Waals surface area contributed by atoms with Gasteiger partial charge in [-0.3, -0.25) is 4.79 Å². The number of hydrogen-bond acceptors (Lipinski definition) is 3. The standard InChI is InChI=1S/C12H14O3/c1-14-11-6-4-8-3-5-9(13)7-10(8)12(11)15-2/h4,6H,3,5,7H2,1-2H3. The van der Waals surface area contributed by atoms with E-state index in [-0.39, 0.29) is 5.78 Å². The van der Waals surface area contributed by atoms with E-state index < -0.39 is 0 Å². The summed E-state index contributed by atoms with van der Waals surface area (Å²) in [5, 5.41) is 0. The zero-order valence-electron chi connectivity index (χ0n) is 9.00. The Morgan fingerprint density at radius 1 is 1.13 bits per heavy atom. The molecule has 3 nitrogen and oxygen atoms in total. The lowest BCUT2D eigenvalue weighted by Crippen LogP contribution is -2.14. The molecule has 1 aliphatic rings. The van der Waals surface area contributed by atoms with Crippen molar-refractivity contribution < 1.29 is 14.3 Å². The van der Waals surface area contributed by atoms with Gasteiger partial charge in [-0.1, -0.05) is 6.07 Å². The van der Waals surface area contributed by atoms with E-state index in [1.54, 1.807) is 14.2 Å². The molecule has 15 heavy (non-hydrogen) atoms. The Kier molecular flexibility index (Phi) is 2.62. The van der Waals surface area contributed by atoms with Crippen molar-refractivity contribution in [3.63, 3.8) is 0 Å². The third kappa shape index (κ3) is 1.69. The van der Waals surface area contributed by atoms with Crippen molar-refractivity contribution >= 4 is 5.78 Å². The summed E-state index contributed by atoms with van der Waals surface area (Å²) in [6.07, 6.45) is 1.92. The van der Waals surface area contributed by atoms with Crippen LogP contribution in [-0.4, -0.2) is 20.0 Å². The molecule has 0 spiro atoms. The van der Waals surface area contributed by atoms with Gasteiger partial charge in [-0.05, 0) is 18.1 Å². The molecule has 0 saturated heterocycles. The lowest BCUT2D eigenvalue weighted by atomic mass is 9.90. The van der Waals surface area contributed by atoms with Gasteiger partial charge >= 0.3 is 0 Å². The maximum Gasteiger partial charge on any atom is 0.164 e. The molecule has 1 aliphatic carbocycles. The van der Waals surface area contributed by atoms with E-state index in [1.165, 1.54) is 5.56 Å². The average molecular weight is 206 g/mol. The Labute approximate surface area is 89.0 Å². The Hall–Kier alpha value is -1.51. The summed E-state index contributed by atoms with van der Waals surface area (Å²) in [5.74, 6) is 1.68. The van der Waals surface area contributed by atoms with E-state index >= 15 is 0 Å². The zero-order chi connectivity index (χ0) is 10.8. The first-order valence-corrected chi connectivity index (χ1v) is 5.00. The van der Waals surface area contributed by atoms with Gasteiger partial charge in [0.05, 0.1) is 14.2 Å². The van der Waals surface area contributed by atoms with Crippen LogP contribution in [0, 0.1) is 0 Å². The minimum atomic E-state index is 0.272. The fraction of sp³-hybridized carbons (Fsp3) is 0.417. The van der Waals surface area contributed by atoms with Crippen LogP contribution < -0.4 is 9.47 Å². The molecule has 3 heteroatoms. The zero-order valence-corrected chi connectivity index (χ0v) is 9.00. The molecule has 0 aliphatic heterocycles. The fourth-order valence-electron chi connectivity index (χ4n) is 2.02. The molecule has 0 bridgehead atoms. The Bertz CT molecular complexity index is 396. The molecule has 2 rings (SSSR count). The second kappa shape index (κ2) is 3.93. The molecule has 0 saturated carbocycles. The van der Waals surface area contributed by atoms with Crippen LogP contribution in [0.2, 0.25) is 0 Å². The van der Waals surface area contributed by atoms with Gasteiger partial charge in [-0.2, -0.15) is 0 Å². The molecule has 0 heterocycles. The van der Waals surface area contributed by atoms with Crippen molar-refractivity contribution in [3.8, 4) is 11.5 Å². The normalized spacial score (nSPS) is 14.7. The van der Waals surface area contributed by atoms with Crippen molar-refractivity contribution in [3.05, 3.63) is 23.3 Å². The number of carbonyl (C=O) groups is 1. The third-order valence-electron chi connectivity index (χ3n) is 2.79. The van der Waals surface area contributed by atoms with E-state index in [9.17, 15) is 4.79 Å². The number of methoxy groups -OCH3 is 2. The summed E-state index contributed by atoms with van der Waals surface area (Å²) in [6, 6.07) is 3.91. The van der Waals surface area contributed by atoms with Crippen LogP contribution in [0.4, 0.5) is 0 Å². The van der Waals surface area contributed by atoms with Crippen LogP contribution in [-0.2, 0) is 17.6 Å². The van der Waals surface area contributed by atoms with Gasteiger partial charge in [0.15, 0.2) is 11.5 Å². The summed E-state index contributed by atoms with van der Waals surface area (Å²) < 4.78 is 10.5. The number of rotatable bonds is 2. The molecule has 1 aromatic carbocycles. The molecule has 80 valence electrons. The molecule has 0 atom stereocenters. The summed E-state index contributed by atoms with van der Waals surface area (Å²) >= 11 is 0. The first-order chi connectivity index (χ1) is 7.26. The second-order valence-corrected chi connectivity index (χ2v) is 3.65. The summed E-state index contributed by atoms with van der Waals surface area (Å²) in [7, 11) is 3.21. The number of hydrogen-bond donors (Lipinski definition) is 0. The maximum absolute atomic E-state index is 11.4. The largest absolute Gasteiger partial charge is 0.493 e. The summed E-state index contributed by atoms with van der Waals surface area (Å²) in [4.78, 5) is 11.4. The number of fused-ring (bicyclic) bond motifs is 1. The van der Waals surface area contributed by atoms with Crippen molar-refractivity contribution in [1.29, 1.82) is 0 Å². The summed E-state index contributed by atoms with van der Waals surface area (Å²) in [6.45, 7) is 0. The number of ether oxygens (including phenoxy) is 2. The smallest absolute Gasteiger partial charge is 0.164 e. The highest BCUT2D eigenvalue weighted by atomic mass is 16.5. The summed E-state index contributed by atoms with van der Waals surface area (Å²) in [5.41, 5.74) is 2.19. The van der Waals surface area contributed by atoms with Gasteiger partial charge in [0.25, 0.3) is 0 Å². The fourth-order valence-corrected chi connectivity index (χ4v) is 2.02. The number of benzene rings is 1. The highest BCUT2D eigenvalue weighted by Crippen LogP contribution is 2.36. The van der Waals surface area contributed by atoms with Crippen molar-refractivity contribution in [2.45, 2.75) is 19.3 Å². The third-order valence-corrected chi connectivity index (χ3v) is 2.79. The minimum absolute atomic E-state index is 0.272.